The summed E-state index contributed by atoms with van der Waals surface area (Å²) < 4.78 is 2.42. The predicted molar refractivity (Wildman–Crippen MR) is 76.9 cm³/mol. The van der Waals surface area contributed by atoms with Crippen LogP contribution >= 0.6 is 0 Å². The molecule has 1 unspecified atom stereocenters. The Morgan fingerprint density at radius 3 is 2.44 bits per heavy atom. The summed E-state index contributed by atoms with van der Waals surface area (Å²) in [4.78, 5) is 0. The Bertz CT molecular complexity index is 511. The smallest absolute Gasteiger partial charge is 0.0556 e. The Balaban J connectivity index is 2.39. The molecule has 18 heavy (non-hydrogen) atoms. The zero-order valence-electron chi connectivity index (χ0n) is 11.7. The van der Waals surface area contributed by atoms with Gasteiger partial charge in [-0.2, -0.15) is 0 Å². The number of rotatable bonds is 4. The van der Waals surface area contributed by atoms with E-state index >= 15 is 0 Å². The van der Waals surface area contributed by atoms with E-state index in [4.69, 9.17) is 0 Å². The van der Waals surface area contributed by atoms with Crippen molar-refractivity contribution in [3.8, 4) is 0 Å². The molecular weight excluding hydrogens is 220 g/mol. The molecule has 0 spiro atoms. The van der Waals surface area contributed by atoms with Crippen molar-refractivity contribution < 1.29 is 0 Å². The van der Waals surface area contributed by atoms with E-state index < -0.39 is 0 Å². The van der Waals surface area contributed by atoms with Gasteiger partial charge in [-0.1, -0.05) is 30.3 Å². The topological polar surface area (TPSA) is 17.0 Å². The zero-order valence-corrected chi connectivity index (χ0v) is 11.7. The van der Waals surface area contributed by atoms with Gasteiger partial charge in [-0.15, -0.1) is 0 Å². The predicted octanol–water partition coefficient (Wildman–Crippen LogP) is 3.43. The van der Waals surface area contributed by atoms with Gasteiger partial charge in [-0.25, -0.2) is 0 Å². The van der Waals surface area contributed by atoms with Gasteiger partial charge in [-0.3, -0.25) is 0 Å². The SMILES string of the molecule is CNCc1cc(C)n(C(C)c2ccccc2)c1C. The second-order valence-electron chi connectivity index (χ2n) is 4.88. The van der Waals surface area contributed by atoms with Gasteiger partial charge in [0.15, 0.2) is 0 Å². The Morgan fingerprint density at radius 2 is 1.83 bits per heavy atom. The minimum atomic E-state index is 0.386. The number of nitrogens with zero attached hydrogens (tertiary/aromatic N) is 1. The normalized spacial score (nSPS) is 12.7. The summed E-state index contributed by atoms with van der Waals surface area (Å²) in [7, 11) is 1.99. The first-order chi connectivity index (χ1) is 8.65. The third-order valence-corrected chi connectivity index (χ3v) is 3.63. The summed E-state index contributed by atoms with van der Waals surface area (Å²) in [5.74, 6) is 0. The van der Waals surface area contributed by atoms with E-state index in [1.54, 1.807) is 0 Å². The van der Waals surface area contributed by atoms with E-state index in [9.17, 15) is 0 Å². The molecular formula is C16H22N2. The first-order valence-corrected chi connectivity index (χ1v) is 6.52. The molecule has 2 aromatic rings. The standard InChI is InChI=1S/C16H22N2/c1-12-10-16(11-17-4)14(3)18(12)13(2)15-8-6-5-7-9-15/h5-10,13,17H,11H2,1-4H3. The Morgan fingerprint density at radius 1 is 1.17 bits per heavy atom. The molecule has 0 aliphatic carbocycles. The van der Waals surface area contributed by atoms with E-state index in [0.29, 0.717) is 6.04 Å². The molecule has 0 radical (unpaired) electrons. The lowest BCUT2D eigenvalue weighted by Crippen LogP contribution is -2.11. The van der Waals surface area contributed by atoms with E-state index in [1.807, 2.05) is 7.05 Å². The molecule has 0 aliphatic rings. The third-order valence-electron chi connectivity index (χ3n) is 3.63. The van der Waals surface area contributed by atoms with Crippen molar-refractivity contribution in [3.63, 3.8) is 0 Å². The third kappa shape index (κ3) is 2.34. The second kappa shape index (κ2) is 5.40. The number of hydrogen-bond acceptors (Lipinski definition) is 1. The minimum Gasteiger partial charge on any atom is -0.342 e. The molecule has 0 fully saturated rings. The summed E-state index contributed by atoms with van der Waals surface area (Å²) in [5.41, 5.74) is 5.43. The van der Waals surface area contributed by atoms with Crippen LogP contribution in [-0.2, 0) is 6.54 Å². The molecule has 0 bridgehead atoms. The summed E-state index contributed by atoms with van der Waals surface area (Å²) >= 11 is 0. The van der Waals surface area contributed by atoms with Crippen LogP contribution in [0, 0.1) is 13.8 Å². The molecule has 96 valence electrons. The lowest BCUT2D eigenvalue weighted by atomic mass is 10.1. The van der Waals surface area contributed by atoms with Crippen molar-refractivity contribution in [2.45, 2.75) is 33.4 Å². The van der Waals surface area contributed by atoms with Crippen molar-refractivity contribution in [2.75, 3.05) is 7.05 Å². The summed E-state index contributed by atoms with van der Waals surface area (Å²) in [6.45, 7) is 7.59. The molecule has 0 amide bonds. The molecule has 2 rings (SSSR count). The Hall–Kier alpha value is -1.54. The Kier molecular flexibility index (Phi) is 3.87. The van der Waals surface area contributed by atoms with Gasteiger partial charge in [0.05, 0.1) is 6.04 Å². The van der Waals surface area contributed by atoms with Gasteiger partial charge < -0.3 is 9.88 Å². The van der Waals surface area contributed by atoms with Crippen molar-refractivity contribution in [2.24, 2.45) is 0 Å². The van der Waals surface area contributed by atoms with Crippen molar-refractivity contribution in [1.82, 2.24) is 9.88 Å². The summed E-state index contributed by atoms with van der Waals surface area (Å²) in [6, 6.07) is 13.3. The average Bonchev–Trinajstić information content (AvgIpc) is 2.65. The molecule has 1 aromatic carbocycles. The first-order valence-electron chi connectivity index (χ1n) is 6.52. The number of benzene rings is 1. The molecule has 2 nitrogen and oxygen atoms in total. The maximum Gasteiger partial charge on any atom is 0.0556 e. The van der Waals surface area contributed by atoms with Gasteiger partial charge in [-0.05, 0) is 45.0 Å². The van der Waals surface area contributed by atoms with Crippen LogP contribution in [0.1, 0.15) is 35.5 Å². The van der Waals surface area contributed by atoms with Gasteiger partial charge >= 0.3 is 0 Å². The lowest BCUT2D eigenvalue weighted by molar-refractivity contribution is 0.606. The van der Waals surface area contributed by atoms with Crippen molar-refractivity contribution in [3.05, 3.63) is 58.9 Å². The van der Waals surface area contributed by atoms with Crippen LogP contribution in [-0.4, -0.2) is 11.6 Å². The monoisotopic (exact) mass is 242 g/mol. The van der Waals surface area contributed by atoms with E-state index in [0.717, 1.165) is 6.54 Å². The fraction of sp³-hybridized carbons (Fsp3) is 0.375. The summed E-state index contributed by atoms with van der Waals surface area (Å²) in [5, 5.41) is 3.23. The van der Waals surface area contributed by atoms with Crippen LogP contribution in [0.4, 0.5) is 0 Å². The zero-order chi connectivity index (χ0) is 13.1. The highest BCUT2D eigenvalue weighted by Crippen LogP contribution is 2.25. The van der Waals surface area contributed by atoms with Crippen LogP contribution in [0.25, 0.3) is 0 Å². The molecule has 0 saturated heterocycles. The number of aromatic nitrogens is 1. The van der Waals surface area contributed by atoms with Crippen LogP contribution in [0.3, 0.4) is 0 Å². The fourth-order valence-electron chi connectivity index (χ4n) is 2.69. The molecule has 0 aliphatic heterocycles. The van der Waals surface area contributed by atoms with E-state index in [2.05, 4.69) is 67.1 Å². The quantitative estimate of drug-likeness (QED) is 0.869. The second-order valence-corrected chi connectivity index (χ2v) is 4.88. The first kappa shape index (κ1) is 12.9. The molecule has 2 heteroatoms. The van der Waals surface area contributed by atoms with Gasteiger partial charge in [0.25, 0.3) is 0 Å². The highest BCUT2D eigenvalue weighted by atomic mass is 15.0. The van der Waals surface area contributed by atoms with Gasteiger partial charge in [0.1, 0.15) is 0 Å². The maximum absolute atomic E-state index is 3.23. The minimum absolute atomic E-state index is 0.386. The molecule has 1 N–H and O–H groups in total. The van der Waals surface area contributed by atoms with Crippen molar-refractivity contribution >= 4 is 0 Å². The lowest BCUT2D eigenvalue weighted by Gasteiger charge is -2.19. The highest BCUT2D eigenvalue weighted by molar-refractivity contribution is 5.30. The van der Waals surface area contributed by atoms with Crippen LogP contribution in [0.2, 0.25) is 0 Å². The van der Waals surface area contributed by atoms with Gasteiger partial charge in [0.2, 0.25) is 0 Å². The van der Waals surface area contributed by atoms with Crippen molar-refractivity contribution in [1.29, 1.82) is 0 Å². The molecule has 1 heterocycles. The average molecular weight is 242 g/mol. The van der Waals surface area contributed by atoms with E-state index in [1.165, 1.54) is 22.5 Å². The van der Waals surface area contributed by atoms with Gasteiger partial charge in [0, 0.05) is 17.9 Å². The largest absolute Gasteiger partial charge is 0.342 e. The molecule has 0 saturated carbocycles. The fourth-order valence-corrected chi connectivity index (χ4v) is 2.69. The molecule has 1 aromatic heterocycles. The van der Waals surface area contributed by atoms with Crippen LogP contribution < -0.4 is 5.32 Å². The Labute approximate surface area is 110 Å². The molecule has 1 atom stereocenters. The summed E-state index contributed by atoms with van der Waals surface area (Å²) in [6.07, 6.45) is 0. The maximum atomic E-state index is 3.23. The van der Waals surface area contributed by atoms with Crippen LogP contribution in [0.5, 0.6) is 0 Å². The van der Waals surface area contributed by atoms with E-state index in [-0.39, 0.29) is 0 Å². The van der Waals surface area contributed by atoms with Crippen LogP contribution in [0.15, 0.2) is 36.4 Å². The number of aryl methyl sites for hydroxylation is 1. The number of nitrogens with one attached hydrogen (secondary N) is 1. The number of hydrogen-bond donors (Lipinski definition) is 1. The highest BCUT2D eigenvalue weighted by Gasteiger charge is 2.14.